The van der Waals surface area contributed by atoms with Crippen molar-refractivity contribution in [3.63, 3.8) is 0 Å². The average Bonchev–Trinajstić information content (AvgIpc) is 3.66. The van der Waals surface area contributed by atoms with E-state index in [4.69, 9.17) is 14.5 Å². The highest BCUT2D eigenvalue weighted by Gasteiger charge is 2.57. The first kappa shape index (κ1) is 30.6. The number of rotatable bonds is 3. The predicted molar refractivity (Wildman–Crippen MR) is 181 cm³/mol. The molecule has 2 N–H and O–H groups in total. The topological polar surface area (TPSA) is 116 Å². The van der Waals surface area contributed by atoms with E-state index in [1.54, 1.807) is 11.0 Å². The summed E-state index contributed by atoms with van der Waals surface area (Å²) in [6, 6.07) is 9.73. The Hall–Kier alpha value is -4.41. The summed E-state index contributed by atoms with van der Waals surface area (Å²) in [6.45, 7) is 11.3. The average molecular weight is 667 g/mol. The standard InChI is InChI=1S/C38H43FN6O4/c1-37(2,3)48-35(46)44-27-14-21(27)16-29(44)33-40-25-10-8-19-11-18(7-9-23(19)31(25)42-33)20-12-24(39)32-26(13-20)41-34(43-32)30-17-22-15-28(22)45(30)36(47)49-38(4,5)6/h7,9,11-13,21-22,27-30H,8,10,14-17H2,1-6H3,(H,40,42)(H,41,43)/t21-,22-,27-,28-,29+,30+/m1/s1. The number of aromatic amines is 2. The van der Waals surface area contributed by atoms with Gasteiger partial charge in [0.05, 0.1) is 23.3 Å². The molecule has 49 heavy (non-hydrogen) atoms. The Balaban J connectivity index is 0.984. The number of halogens is 1. The van der Waals surface area contributed by atoms with Crippen LogP contribution in [0.2, 0.25) is 0 Å². The molecule has 0 bridgehead atoms. The Morgan fingerprint density at radius 3 is 2.00 bits per heavy atom. The second kappa shape index (κ2) is 10.3. The summed E-state index contributed by atoms with van der Waals surface area (Å²) < 4.78 is 27.1. The highest BCUT2D eigenvalue weighted by atomic mass is 19.1. The Bertz CT molecular complexity index is 2040. The number of fused-ring (bicyclic) bond motifs is 6. The summed E-state index contributed by atoms with van der Waals surface area (Å²) in [5.74, 6) is 1.96. The van der Waals surface area contributed by atoms with Gasteiger partial charge in [-0.25, -0.2) is 23.9 Å². The van der Waals surface area contributed by atoms with Crippen molar-refractivity contribution in [2.75, 3.05) is 0 Å². The zero-order valence-corrected chi connectivity index (χ0v) is 28.9. The zero-order chi connectivity index (χ0) is 34.1. The molecule has 2 aliphatic heterocycles. The summed E-state index contributed by atoms with van der Waals surface area (Å²) in [4.78, 5) is 46.7. The van der Waals surface area contributed by atoms with Crippen molar-refractivity contribution < 1.29 is 23.5 Å². The van der Waals surface area contributed by atoms with Crippen LogP contribution in [0.4, 0.5) is 14.0 Å². The van der Waals surface area contributed by atoms with Crippen LogP contribution in [-0.4, -0.2) is 65.2 Å². The number of nitrogens with one attached hydrogen (secondary N) is 2. The number of amides is 2. The lowest BCUT2D eigenvalue weighted by molar-refractivity contribution is 0.0164. The molecule has 5 aliphatic rings. The molecule has 0 radical (unpaired) electrons. The Morgan fingerprint density at radius 1 is 0.776 bits per heavy atom. The second-order valence-corrected chi connectivity index (χ2v) is 16.7. The van der Waals surface area contributed by atoms with Crippen molar-refractivity contribution in [2.45, 2.75) is 115 Å². The number of hydrogen-bond donors (Lipinski definition) is 2. The fourth-order valence-electron chi connectivity index (χ4n) is 8.44. The first-order valence-electron chi connectivity index (χ1n) is 17.6. The van der Waals surface area contributed by atoms with Gasteiger partial charge in [-0.1, -0.05) is 18.2 Å². The summed E-state index contributed by atoms with van der Waals surface area (Å²) in [6.07, 6.45) is 4.71. The number of likely N-dealkylation sites (tertiary alicyclic amines) is 2. The molecular formula is C38H43FN6O4. The van der Waals surface area contributed by atoms with Crippen LogP contribution in [0.15, 0.2) is 30.3 Å². The van der Waals surface area contributed by atoms with Crippen LogP contribution in [0.1, 0.15) is 102 Å². The Morgan fingerprint density at radius 2 is 1.39 bits per heavy atom. The number of H-pyrrole nitrogens is 2. The predicted octanol–water partition coefficient (Wildman–Crippen LogP) is 8.00. The van der Waals surface area contributed by atoms with Gasteiger partial charge in [0.15, 0.2) is 5.82 Å². The van der Waals surface area contributed by atoms with Gasteiger partial charge in [-0.2, -0.15) is 0 Å². The summed E-state index contributed by atoms with van der Waals surface area (Å²) >= 11 is 0. The molecule has 4 fully saturated rings. The van der Waals surface area contributed by atoms with Crippen LogP contribution in [0.5, 0.6) is 0 Å². The normalized spacial score (nSPS) is 26.7. The van der Waals surface area contributed by atoms with Gasteiger partial charge in [0, 0.05) is 23.3 Å². The van der Waals surface area contributed by atoms with Crippen molar-refractivity contribution in [3.8, 4) is 22.4 Å². The lowest BCUT2D eigenvalue weighted by Crippen LogP contribution is -2.38. The van der Waals surface area contributed by atoms with E-state index in [1.165, 1.54) is 0 Å². The van der Waals surface area contributed by atoms with Crippen LogP contribution in [0, 0.1) is 17.7 Å². The van der Waals surface area contributed by atoms with Gasteiger partial charge in [0.25, 0.3) is 0 Å². The molecule has 2 aromatic heterocycles. The quantitative estimate of drug-likeness (QED) is 0.229. The van der Waals surface area contributed by atoms with Crippen LogP contribution in [0.25, 0.3) is 33.4 Å². The molecule has 11 heteroatoms. The van der Waals surface area contributed by atoms with E-state index in [1.807, 2.05) is 58.6 Å². The Kier molecular flexibility index (Phi) is 6.44. The van der Waals surface area contributed by atoms with Crippen molar-refractivity contribution in [1.29, 1.82) is 0 Å². The van der Waals surface area contributed by atoms with Crippen LogP contribution >= 0.6 is 0 Å². The zero-order valence-electron chi connectivity index (χ0n) is 28.9. The van der Waals surface area contributed by atoms with Crippen LogP contribution in [0.3, 0.4) is 0 Å². The number of imidazole rings is 2. The van der Waals surface area contributed by atoms with Gasteiger partial charge in [0.2, 0.25) is 0 Å². The second-order valence-electron chi connectivity index (χ2n) is 16.7. The minimum absolute atomic E-state index is 0.118. The number of nitrogens with zero attached hydrogens (tertiary/aromatic N) is 4. The highest BCUT2D eigenvalue weighted by Crippen LogP contribution is 2.55. The van der Waals surface area contributed by atoms with Gasteiger partial charge in [-0.05, 0) is 121 Å². The largest absolute Gasteiger partial charge is 0.444 e. The fourth-order valence-corrected chi connectivity index (χ4v) is 8.44. The molecule has 10 nitrogen and oxygen atoms in total. The van der Waals surface area contributed by atoms with E-state index in [2.05, 4.69) is 27.1 Å². The molecule has 256 valence electrons. The van der Waals surface area contributed by atoms with Gasteiger partial charge in [0.1, 0.15) is 28.4 Å². The SMILES string of the molecule is CC(C)(C)OC(=O)N1[C@@H]2C[C@@H]2C[C@H]1c1nc2c([nH]1)CCc1cc(-c3cc(F)c4nc([C@@H]5C[C@H]6C[C@H]6N5C(=O)OC(C)(C)C)[nH]c4c3)ccc1-2. The molecule has 2 saturated heterocycles. The summed E-state index contributed by atoms with van der Waals surface area (Å²) in [7, 11) is 0. The molecule has 0 spiro atoms. The number of piperidine rings is 2. The third-order valence-electron chi connectivity index (χ3n) is 10.7. The van der Waals surface area contributed by atoms with E-state index in [-0.39, 0.29) is 41.9 Å². The summed E-state index contributed by atoms with van der Waals surface area (Å²) in [5.41, 5.74) is 5.64. The van der Waals surface area contributed by atoms with E-state index in [9.17, 15) is 9.59 Å². The molecule has 0 unspecified atom stereocenters. The third kappa shape index (κ3) is 5.27. The number of aromatic nitrogens is 4. The molecule has 4 aromatic rings. The summed E-state index contributed by atoms with van der Waals surface area (Å²) in [5, 5.41) is 0. The lowest BCUT2D eigenvalue weighted by atomic mass is 9.89. The molecular weight excluding hydrogens is 623 g/mol. The molecule has 2 aromatic carbocycles. The number of ether oxygens (including phenoxy) is 2. The minimum Gasteiger partial charge on any atom is -0.444 e. The van der Waals surface area contributed by atoms with Gasteiger partial charge >= 0.3 is 12.2 Å². The maximum absolute atomic E-state index is 15.7. The molecule has 9 rings (SSSR count). The van der Waals surface area contributed by atoms with Gasteiger partial charge < -0.3 is 19.4 Å². The molecule has 2 saturated carbocycles. The fraction of sp³-hybridized carbons (Fsp3) is 0.526. The highest BCUT2D eigenvalue weighted by molar-refractivity contribution is 5.84. The van der Waals surface area contributed by atoms with E-state index >= 15 is 4.39 Å². The first-order chi connectivity index (χ1) is 23.2. The third-order valence-corrected chi connectivity index (χ3v) is 10.7. The van der Waals surface area contributed by atoms with Crippen molar-refractivity contribution in [3.05, 3.63) is 59.1 Å². The number of carbonyl (C=O) groups excluding carboxylic acids is 2. The van der Waals surface area contributed by atoms with Crippen LogP contribution in [-0.2, 0) is 22.3 Å². The van der Waals surface area contributed by atoms with Gasteiger partial charge in [-0.15, -0.1) is 0 Å². The molecule has 2 amide bonds. The van der Waals surface area contributed by atoms with Crippen molar-refractivity contribution in [1.82, 2.24) is 29.7 Å². The van der Waals surface area contributed by atoms with Crippen molar-refractivity contribution >= 4 is 23.2 Å². The first-order valence-corrected chi connectivity index (χ1v) is 17.6. The van der Waals surface area contributed by atoms with Gasteiger partial charge in [-0.3, -0.25) is 9.80 Å². The molecule has 4 heterocycles. The van der Waals surface area contributed by atoms with E-state index in [0.717, 1.165) is 78.0 Å². The van der Waals surface area contributed by atoms with Crippen LogP contribution < -0.4 is 0 Å². The van der Waals surface area contributed by atoms with Crippen molar-refractivity contribution in [2.24, 2.45) is 11.8 Å². The maximum atomic E-state index is 15.7. The minimum atomic E-state index is -0.599. The Labute approximate surface area is 284 Å². The molecule has 6 atom stereocenters. The van der Waals surface area contributed by atoms with E-state index in [0.29, 0.717) is 23.2 Å². The molecule has 3 aliphatic carbocycles. The van der Waals surface area contributed by atoms with E-state index < -0.39 is 17.0 Å². The monoisotopic (exact) mass is 666 g/mol. The smallest absolute Gasteiger partial charge is 0.411 e. The maximum Gasteiger partial charge on any atom is 0.411 e. The lowest BCUT2D eigenvalue weighted by Gasteiger charge is -2.29. The number of benzene rings is 2. The number of hydrogen-bond acceptors (Lipinski definition) is 6. The number of carbonyl (C=O) groups is 2. The number of aryl methyl sites for hydroxylation is 2.